The summed E-state index contributed by atoms with van der Waals surface area (Å²) in [6.07, 6.45) is 3.78. The normalized spacial score (nSPS) is 13.0. The number of nitrogens with zero attached hydrogens (tertiary/aromatic N) is 3. The number of para-hydroxylation sites is 1. The van der Waals surface area contributed by atoms with Gasteiger partial charge in [-0.05, 0) is 71.1 Å². The summed E-state index contributed by atoms with van der Waals surface area (Å²) in [5, 5.41) is 0. The lowest BCUT2D eigenvalue weighted by Gasteiger charge is -2.28. The molecule has 1 aliphatic heterocycles. The first-order valence-corrected chi connectivity index (χ1v) is 13.6. The van der Waals surface area contributed by atoms with E-state index in [1.807, 2.05) is 36.3 Å². The second-order valence-corrected chi connectivity index (χ2v) is 11.4. The maximum atomic E-state index is 4.74. The van der Waals surface area contributed by atoms with Gasteiger partial charge in [-0.2, -0.15) is 0 Å². The van der Waals surface area contributed by atoms with Crippen molar-refractivity contribution in [1.82, 2.24) is 9.97 Å². The highest BCUT2D eigenvalue weighted by Crippen LogP contribution is 2.48. The highest BCUT2D eigenvalue weighted by Gasteiger charge is 2.24. The van der Waals surface area contributed by atoms with Gasteiger partial charge in [-0.25, -0.2) is 0 Å². The van der Waals surface area contributed by atoms with E-state index in [-0.39, 0.29) is 5.41 Å². The Hall–Kier alpha value is -3.89. The van der Waals surface area contributed by atoms with Crippen LogP contribution in [0.15, 0.2) is 114 Å². The van der Waals surface area contributed by atoms with Crippen LogP contribution in [0.5, 0.6) is 0 Å². The minimum absolute atomic E-state index is 0.0665. The van der Waals surface area contributed by atoms with Crippen molar-refractivity contribution < 1.29 is 0 Å². The lowest BCUT2D eigenvalue weighted by Crippen LogP contribution is -2.12. The Kier molecular flexibility index (Phi) is 6.05. The summed E-state index contributed by atoms with van der Waals surface area (Å²) < 4.78 is 0. The van der Waals surface area contributed by atoms with Gasteiger partial charge in [0.25, 0.3) is 0 Å². The molecule has 3 heterocycles. The third-order valence-electron chi connectivity index (χ3n) is 6.80. The molecule has 4 heteroatoms. The second kappa shape index (κ2) is 9.53. The summed E-state index contributed by atoms with van der Waals surface area (Å²) in [5.74, 6) is 0.928. The molecule has 3 nitrogen and oxygen atoms in total. The maximum absolute atomic E-state index is 4.74. The van der Waals surface area contributed by atoms with E-state index in [0.29, 0.717) is 0 Å². The minimum atomic E-state index is 0.0665. The van der Waals surface area contributed by atoms with Crippen LogP contribution in [-0.2, 0) is 11.2 Å². The molecule has 0 saturated heterocycles. The first-order chi connectivity index (χ1) is 18.0. The van der Waals surface area contributed by atoms with Gasteiger partial charge in [0.1, 0.15) is 0 Å². The van der Waals surface area contributed by atoms with Gasteiger partial charge in [0.15, 0.2) is 0 Å². The number of aromatic nitrogens is 2. The highest BCUT2D eigenvalue weighted by atomic mass is 32.2. The molecule has 0 amide bonds. The molecule has 2 aromatic heterocycles. The van der Waals surface area contributed by atoms with Crippen molar-refractivity contribution in [3.8, 4) is 22.5 Å². The number of benzene rings is 3. The Morgan fingerprint density at radius 2 is 1.49 bits per heavy atom. The SMILES string of the molecule is CC(C)(C)c1ccnc(-c2cccc(N3c4ccccc4CSc4ccc(-c5ccccn5)cc43)c2)c1. The lowest BCUT2D eigenvalue weighted by atomic mass is 9.87. The van der Waals surface area contributed by atoms with Gasteiger partial charge in [0.2, 0.25) is 0 Å². The third-order valence-corrected chi connectivity index (χ3v) is 7.91. The predicted octanol–water partition coefficient (Wildman–Crippen LogP) is 9.18. The Bertz CT molecular complexity index is 1570. The van der Waals surface area contributed by atoms with Crippen LogP contribution < -0.4 is 4.90 Å². The molecule has 1 aliphatic rings. The zero-order valence-electron chi connectivity index (χ0n) is 21.3. The van der Waals surface area contributed by atoms with Crippen molar-refractivity contribution in [1.29, 1.82) is 0 Å². The zero-order valence-corrected chi connectivity index (χ0v) is 22.2. The smallest absolute Gasteiger partial charge is 0.0705 e. The van der Waals surface area contributed by atoms with E-state index in [9.17, 15) is 0 Å². The van der Waals surface area contributed by atoms with E-state index in [1.54, 1.807) is 0 Å². The fourth-order valence-electron chi connectivity index (χ4n) is 4.78. The van der Waals surface area contributed by atoms with Gasteiger partial charge in [-0.1, -0.05) is 63.2 Å². The fourth-order valence-corrected chi connectivity index (χ4v) is 5.80. The highest BCUT2D eigenvalue weighted by molar-refractivity contribution is 7.98. The summed E-state index contributed by atoms with van der Waals surface area (Å²) in [7, 11) is 0. The van der Waals surface area contributed by atoms with Crippen LogP contribution in [0, 0.1) is 0 Å². The first kappa shape index (κ1) is 23.5. The van der Waals surface area contributed by atoms with Gasteiger partial charge in [-0.3, -0.25) is 9.97 Å². The van der Waals surface area contributed by atoms with Gasteiger partial charge in [0, 0.05) is 39.9 Å². The summed E-state index contributed by atoms with van der Waals surface area (Å²) in [6, 6.07) is 34.6. The molecule has 37 heavy (non-hydrogen) atoms. The van der Waals surface area contributed by atoms with Crippen LogP contribution >= 0.6 is 11.8 Å². The molecule has 0 aliphatic carbocycles. The van der Waals surface area contributed by atoms with Crippen LogP contribution in [0.3, 0.4) is 0 Å². The Morgan fingerprint density at radius 3 is 2.32 bits per heavy atom. The standard InChI is InChI=1S/C33H29N3S/c1-33(2,3)26-16-18-35-29(21-26)23-10-8-11-27(19-23)36-30-13-5-4-9-25(30)22-37-32-15-14-24(20-31(32)36)28-12-6-7-17-34-28/h4-21H,22H2,1-3H3. The van der Waals surface area contributed by atoms with Crippen molar-refractivity contribution in [3.05, 3.63) is 121 Å². The Labute approximate surface area is 223 Å². The van der Waals surface area contributed by atoms with E-state index < -0.39 is 0 Å². The molecule has 0 saturated carbocycles. The van der Waals surface area contributed by atoms with E-state index in [2.05, 4.69) is 116 Å². The van der Waals surface area contributed by atoms with Crippen LogP contribution in [0.25, 0.3) is 22.5 Å². The molecule has 0 unspecified atom stereocenters. The topological polar surface area (TPSA) is 29.0 Å². The van der Waals surface area contributed by atoms with E-state index in [4.69, 9.17) is 4.98 Å². The average Bonchev–Trinajstić information content (AvgIpc) is 3.10. The minimum Gasteiger partial charge on any atom is -0.309 e. The molecule has 6 rings (SSSR count). The van der Waals surface area contributed by atoms with Crippen molar-refractivity contribution >= 4 is 28.8 Å². The number of thioether (sulfide) groups is 1. The third kappa shape index (κ3) is 4.65. The summed E-state index contributed by atoms with van der Waals surface area (Å²) in [6.45, 7) is 6.72. The van der Waals surface area contributed by atoms with Crippen LogP contribution in [0.2, 0.25) is 0 Å². The number of pyridine rings is 2. The molecular formula is C33H29N3S. The first-order valence-electron chi connectivity index (χ1n) is 12.6. The molecule has 0 atom stereocenters. The van der Waals surface area contributed by atoms with Gasteiger partial charge in [0.05, 0.1) is 22.8 Å². The van der Waals surface area contributed by atoms with Crippen LogP contribution in [0.1, 0.15) is 31.9 Å². The number of anilines is 3. The number of fused-ring (bicyclic) bond motifs is 2. The lowest BCUT2D eigenvalue weighted by molar-refractivity contribution is 0.589. The van der Waals surface area contributed by atoms with Crippen molar-refractivity contribution in [2.24, 2.45) is 0 Å². The average molecular weight is 500 g/mol. The van der Waals surface area contributed by atoms with Crippen LogP contribution in [0.4, 0.5) is 17.1 Å². The molecule has 0 spiro atoms. The van der Waals surface area contributed by atoms with Crippen LogP contribution in [-0.4, -0.2) is 9.97 Å². The summed E-state index contributed by atoms with van der Waals surface area (Å²) >= 11 is 1.89. The molecular weight excluding hydrogens is 470 g/mol. The quantitative estimate of drug-likeness (QED) is 0.247. The molecule has 0 fully saturated rings. The van der Waals surface area contributed by atoms with Gasteiger partial charge < -0.3 is 4.90 Å². The van der Waals surface area contributed by atoms with Crippen molar-refractivity contribution in [2.75, 3.05) is 4.90 Å². The molecule has 0 N–H and O–H groups in total. The fraction of sp³-hybridized carbons (Fsp3) is 0.152. The van der Waals surface area contributed by atoms with E-state index in [1.165, 1.54) is 27.4 Å². The summed E-state index contributed by atoms with van der Waals surface area (Å²) in [5.41, 5.74) is 10.4. The monoisotopic (exact) mass is 499 g/mol. The maximum Gasteiger partial charge on any atom is 0.0705 e. The predicted molar refractivity (Wildman–Crippen MR) is 156 cm³/mol. The summed E-state index contributed by atoms with van der Waals surface area (Å²) in [4.78, 5) is 13.0. The van der Waals surface area contributed by atoms with E-state index in [0.717, 1.165) is 34.0 Å². The molecule has 182 valence electrons. The van der Waals surface area contributed by atoms with Crippen molar-refractivity contribution in [2.45, 2.75) is 36.8 Å². The van der Waals surface area contributed by atoms with Gasteiger partial charge >= 0.3 is 0 Å². The molecule has 0 bridgehead atoms. The number of hydrogen-bond donors (Lipinski definition) is 0. The van der Waals surface area contributed by atoms with Crippen molar-refractivity contribution in [3.63, 3.8) is 0 Å². The molecule has 5 aromatic rings. The largest absolute Gasteiger partial charge is 0.309 e. The number of hydrogen-bond acceptors (Lipinski definition) is 4. The van der Waals surface area contributed by atoms with E-state index >= 15 is 0 Å². The van der Waals surface area contributed by atoms with Gasteiger partial charge in [-0.15, -0.1) is 11.8 Å². The Balaban J connectivity index is 1.52. The zero-order chi connectivity index (χ0) is 25.4. The number of rotatable bonds is 3. The second-order valence-electron chi connectivity index (χ2n) is 10.4. The Morgan fingerprint density at radius 1 is 0.676 bits per heavy atom. The molecule has 3 aromatic carbocycles. The molecule has 0 radical (unpaired) electrons.